The average Bonchev–Trinajstić information content (AvgIpc) is 2.93. The van der Waals surface area contributed by atoms with E-state index >= 15 is 4.57 Å². The zero-order valence-electron chi connectivity index (χ0n) is 21.1. The maximum atomic E-state index is 15.4. The number of hydrogen-bond acceptors (Lipinski definition) is 5. The van der Waals surface area contributed by atoms with Gasteiger partial charge in [0.2, 0.25) is 11.6 Å². The molecule has 188 valence electrons. The molecule has 5 rings (SSSR count). The lowest BCUT2D eigenvalue weighted by molar-refractivity contribution is -0.115. The lowest BCUT2D eigenvalue weighted by Gasteiger charge is -2.28. The van der Waals surface area contributed by atoms with Crippen molar-refractivity contribution in [3.8, 4) is 0 Å². The van der Waals surface area contributed by atoms with Gasteiger partial charge in [-0.05, 0) is 38.1 Å². The molecular formula is C32H27N2O3P. The van der Waals surface area contributed by atoms with E-state index in [1.165, 1.54) is 6.08 Å². The number of anilines is 2. The molecule has 1 aliphatic carbocycles. The van der Waals surface area contributed by atoms with Crippen LogP contribution in [-0.2, 0) is 14.2 Å². The van der Waals surface area contributed by atoms with Crippen molar-refractivity contribution in [2.75, 3.05) is 10.6 Å². The van der Waals surface area contributed by atoms with E-state index in [1.54, 1.807) is 48.5 Å². The first kappa shape index (κ1) is 25.2. The van der Waals surface area contributed by atoms with Crippen LogP contribution in [0, 0.1) is 13.8 Å². The number of para-hydroxylation sites is 2. The van der Waals surface area contributed by atoms with Gasteiger partial charge in [0.1, 0.15) is 5.70 Å². The molecule has 0 atom stereocenters. The van der Waals surface area contributed by atoms with Gasteiger partial charge < -0.3 is 15.2 Å². The predicted octanol–water partition coefficient (Wildman–Crippen LogP) is 6.09. The van der Waals surface area contributed by atoms with Gasteiger partial charge in [-0.2, -0.15) is 0 Å². The van der Waals surface area contributed by atoms with Crippen molar-refractivity contribution in [2.45, 2.75) is 13.8 Å². The maximum Gasteiger partial charge on any atom is 0.215 e. The summed E-state index contributed by atoms with van der Waals surface area (Å²) in [4.78, 5) is 27.9. The lowest BCUT2D eigenvalue weighted by atomic mass is 10.1. The summed E-state index contributed by atoms with van der Waals surface area (Å²) in [6, 6.07) is 32.9. The summed E-state index contributed by atoms with van der Waals surface area (Å²) in [6.07, 6.45) is 1.28. The Morgan fingerprint density at radius 2 is 1.03 bits per heavy atom. The number of Topliss-reactive ketones (excluding diaryl/α,β-unsaturated/α-hetero) is 1. The van der Waals surface area contributed by atoms with Crippen molar-refractivity contribution >= 4 is 40.7 Å². The van der Waals surface area contributed by atoms with E-state index in [0.717, 1.165) is 11.1 Å². The minimum absolute atomic E-state index is 0.0179. The van der Waals surface area contributed by atoms with Crippen molar-refractivity contribution in [1.29, 1.82) is 0 Å². The number of rotatable bonds is 7. The maximum absolute atomic E-state index is 15.4. The molecule has 0 spiro atoms. The van der Waals surface area contributed by atoms with E-state index in [2.05, 4.69) is 10.6 Å². The van der Waals surface area contributed by atoms with E-state index in [1.807, 2.05) is 74.5 Å². The van der Waals surface area contributed by atoms with Gasteiger partial charge in [0, 0.05) is 28.1 Å². The van der Waals surface area contributed by atoms with Crippen LogP contribution in [0.1, 0.15) is 11.1 Å². The number of allylic oxidation sites excluding steroid dienone is 2. The Labute approximate surface area is 222 Å². The molecule has 4 aromatic rings. The Balaban J connectivity index is 1.75. The number of benzene rings is 4. The van der Waals surface area contributed by atoms with Crippen molar-refractivity contribution in [1.82, 2.24) is 0 Å². The predicted molar refractivity (Wildman–Crippen MR) is 154 cm³/mol. The van der Waals surface area contributed by atoms with Crippen molar-refractivity contribution in [3.63, 3.8) is 0 Å². The van der Waals surface area contributed by atoms with Crippen LogP contribution in [0.4, 0.5) is 11.4 Å². The standard InChI is InChI=1S/C32H27N2O3P/c1-22-13-17-26(18-14-22)38(37,27-19-15-23(2)16-20-27)32-30(34-25-11-7-4-8-12-25)29(35)21-28(31(32)36)33-24-9-5-3-6-10-24/h3-21,33-34H,1-2H3. The molecule has 0 aromatic heterocycles. The van der Waals surface area contributed by atoms with Crippen LogP contribution in [0.15, 0.2) is 132 Å². The second kappa shape index (κ2) is 10.5. The molecule has 0 saturated carbocycles. The molecule has 0 aliphatic heterocycles. The second-order valence-electron chi connectivity index (χ2n) is 9.24. The Bertz CT molecular complexity index is 1560. The number of aryl methyl sites for hydroxylation is 2. The van der Waals surface area contributed by atoms with E-state index in [0.29, 0.717) is 22.0 Å². The van der Waals surface area contributed by atoms with Crippen LogP contribution in [0.3, 0.4) is 0 Å². The molecule has 0 bridgehead atoms. The average molecular weight is 519 g/mol. The fourth-order valence-corrected chi connectivity index (χ4v) is 7.24. The number of ketones is 2. The smallest absolute Gasteiger partial charge is 0.215 e. The van der Waals surface area contributed by atoms with Crippen LogP contribution in [0.2, 0.25) is 0 Å². The molecular weight excluding hydrogens is 491 g/mol. The van der Waals surface area contributed by atoms with E-state index in [4.69, 9.17) is 0 Å². The number of nitrogens with one attached hydrogen (secondary N) is 2. The Morgan fingerprint density at radius 1 is 0.579 bits per heavy atom. The molecule has 38 heavy (non-hydrogen) atoms. The third-order valence-electron chi connectivity index (χ3n) is 6.42. The van der Waals surface area contributed by atoms with Crippen LogP contribution >= 0.6 is 7.14 Å². The molecule has 5 nitrogen and oxygen atoms in total. The van der Waals surface area contributed by atoms with Crippen LogP contribution < -0.4 is 21.2 Å². The van der Waals surface area contributed by atoms with E-state index in [-0.39, 0.29) is 16.7 Å². The largest absolute Gasteiger partial charge is 0.352 e. The molecule has 0 saturated heterocycles. The third-order valence-corrected chi connectivity index (χ3v) is 9.53. The van der Waals surface area contributed by atoms with Crippen molar-refractivity contribution in [3.05, 3.63) is 143 Å². The zero-order chi connectivity index (χ0) is 26.7. The highest BCUT2D eigenvalue weighted by Crippen LogP contribution is 2.55. The SMILES string of the molecule is Cc1ccc(P(=O)(C2=C(Nc3ccccc3)C(=O)C=C(Nc3ccccc3)C2=O)c2ccc(C)cc2)cc1. The molecule has 0 radical (unpaired) electrons. The summed E-state index contributed by atoms with van der Waals surface area (Å²) in [5.41, 5.74) is 3.36. The summed E-state index contributed by atoms with van der Waals surface area (Å²) in [5, 5.41) is 7.13. The van der Waals surface area contributed by atoms with Gasteiger partial charge in [-0.15, -0.1) is 0 Å². The van der Waals surface area contributed by atoms with E-state index in [9.17, 15) is 9.59 Å². The van der Waals surface area contributed by atoms with Crippen LogP contribution in [0.25, 0.3) is 0 Å². The first-order valence-corrected chi connectivity index (χ1v) is 14.0. The molecule has 0 amide bonds. The molecule has 0 fully saturated rings. The zero-order valence-corrected chi connectivity index (χ0v) is 22.0. The molecule has 6 heteroatoms. The number of carbonyl (C=O) groups is 2. The Hall–Kier alpha value is -4.47. The van der Waals surface area contributed by atoms with Gasteiger partial charge in [0.25, 0.3) is 0 Å². The lowest BCUT2D eigenvalue weighted by Crippen LogP contribution is -2.31. The molecule has 1 aliphatic rings. The summed E-state index contributed by atoms with van der Waals surface area (Å²) >= 11 is 0. The fourth-order valence-electron chi connectivity index (χ4n) is 4.40. The van der Waals surface area contributed by atoms with Crippen LogP contribution in [-0.4, -0.2) is 11.6 Å². The van der Waals surface area contributed by atoms with Crippen LogP contribution in [0.5, 0.6) is 0 Å². The summed E-state index contributed by atoms with van der Waals surface area (Å²) < 4.78 is 15.4. The molecule has 0 unspecified atom stereocenters. The Kier molecular flexibility index (Phi) is 6.95. The number of hydrogen-bond donors (Lipinski definition) is 2. The van der Waals surface area contributed by atoms with Crippen molar-refractivity contribution in [2.24, 2.45) is 0 Å². The highest BCUT2D eigenvalue weighted by molar-refractivity contribution is 7.83. The minimum Gasteiger partial charge on any atom is -0.352 e. The van der Waals surface area contributed by atoms with Gasteiger partial charge in [-0.25, -0.2) is 0 Å². The monoisotopic (exact) mass is 518 g/mol. The quantitative estimate of drug-likeness (QED) is 0.229. The van der Waals surface area contributed by atoms with E-state index < -0.39 is 18.7 Å². The fraction of sp³-hybridized carbons (Fsp3) is 0.0625. The minimum atomic E-state index is -3.80. The summed E-state index contributed by atoms with van der Waals surface area (Å²) in [6.45, 7) is 3.89. The highest BCUT2D eigenvalue weighted by atomic mass is 31.2. The van der Waals surface area contributed by atoms with Crippen molar-refractivity contribution < 1.29 is 14.2 Å². The Morgan fingerprint density at radius 3 is 1.50 bits per heavy atom. The van der Waals surface area contributed by atoms with Gasteiger partial charge in [-0.3, -0.25) is 9.59 Å². The third kappa shape index (κ3) is 4.89. The normalized spacial score (nSPS) is 13.8. The highest BCUT2D eigenvalue weighted by Gasteiger charge is 2.43. The number of carbonyl (C=O) groups excluding carboxylic acids is 2. The van der Waals surface area contributed by atoms with Gasteiger partial charge in [-0.1, -0.05) is 96.1 Å². The first-order chi connectivity index (χ1) is 18.4. The molecule has 4 aromatic carbocycles. The summed E-state index contributed by atoms with van der Waals surface area (Å²) in [7, 11) is -3.80. The van der Waals surface area contributed by atoms with Gasteiger partial charge in [0.05, 0.1) is 11.0 Å². The summed E-state index contributed by atoms with van der Waals surface area (Å²) in [5.74, 6) is -0.919. The van der Waals surface area contributed by atoms with Gasteiger partial charge >= 0.3 is 0 Å². The molecule has 0 heterocycles. The second-order valence-corrected chi connectivity index (χ2v) is 11.9. The van der Waals surface area contributed by atoms with Gasteiger partial charge in [0.15, 0.2) is 7.14 Å². The first-order valence-electron chi connectivity index (χ1n) is 12.3. The topological polar surface area (TPSA) is 75.3 Å². The molecule has 2 N–H and O–H groups in total.